The van der Waals surface area contributed by atoms with Crippen LogP contribution in [0.3, 0.4) is 0 Å². The van der Waals surface area contributed by atoms with Crippen molar-refractivity contribution in [1.29, 1.82) is 0 Å². The van der Waals surface area contributed by atoms with Gasteiger partial charge in [0.1, 0.15) is 13.6 Å². The average molecular weight is 247 g/mol. The first-order valence-electron chi connectivity index (χ1n) is 6.25. The molecule has 4 rings (SSSR count). The Kier molecular flexibility index (Phi) is 1.97. The van der Waals surface area contributed by atoms with Crippen LogP contribution in [-0.2, 0) is 4.74 Å². The second-order valence-corrected chi connectivity index (χ2v) is 5.18. The maximum Gasteiger partial charge on any atom is 0.344 e. The highest BCUT2D eigenvalue weighted by Crippen LogP contribution is 2.58. The van der Waals surface area contributed by atoms with Gasteiger partial charge in [-0.15, -0.1) is 0 Å². The number of fused-ring (bicyclic) bond motifs is 2. The quantitative estimate of drug-likeness (QED) is 0.564. The van der Waals surface area contributed by atoms with E-state index in [9.17, 15) is 4.79 Å². The Morgan fingerprint density at radius 2 is 2.16 bits per heavy atom. The molecule has 0 aromatic heterocycles. The molecule has 2 heterocycles. The van der Waals surface area contributed by atoms with E-state index < -0.39 is 0 Å². The SMILES string of the molecule is [B]C1=NC=CC2(/C=C3\OC(=O)c4ccccc43)CC12. The number of nitrogens with zero attached hydrogens (tertiary/aromatic N) is 1. The Morgan fingerprint density at radius 3 is 3.00 bits per heavy atom. The molecule has 0 amide bonds. The van der Waals surface area contributed by atoms with Crippen molar-refractivity contribution in [3.8, 4) is 0 Å². The van der Waals surface area contributed by atoms with Crippen LogP contribution in [0.1, 0.15) is 22.3 Å². The largest absolute Gasteiger partial charge is 0.423 e. The first kappa shape index (κ1) is 10.8. The van der Waals surface area contributed by atoms with Gasteiger partial charge in [0.05, 0.1) is 5.56 Å². The van der Waals surface area contributed by atoms with Crippen molar-refractivity contribution in [3.05, 3.63) is 53.7 Å². The van der Waals surface area contributed by atoms with Crippen LogP contribution in [0.5, 0.6) is 0 Å². The molecule has 2 aliphatic heterocycles. The zero-order chi connectivity index (χ0) is 13.0. The fourth-order valence-electron chi connectivity index (χ4n) is 2.86. The summed E-state index contributed by atoms with van der Waals surface area (Å²) in [6.45, 7) is 0. The maximum absolute atomic E-state index is 11.8. The van der Waals surface area contributed by atoms with Crippen LogP contribution < -0.4 is 0 Å². The number of ether oxygens (including phenoxy) is 1. The molecule has 2 radical (unpaired) electrons. The Morgan fingerprint density at radius 1 is 1.37 bits per heavy atom. The van der Waals surface area contributed by atoms with Crippen molar-refractivity contribution in [2.45, 2.75) is 6.42 Å². The summed E-state index contributed by atoms with van der Waals surface area (Å²) in [5, 5.41) is 0. The lowest BCUT2D eigenvalue weighted by molar-refractivity contribution is 0.0715. The molecule has 1 aromatic carbocycles. The van der Waals surface area contributed by atoms with E-state index in [4.69, 9.17) is 12.6 Å². The third-order valence-corrected chi connectivity index (χ3v) is 4.03. The van der Waals surface area contributed by atoms with Crippen molar-refractivity contribution < 1.29 is 9.53 Å². The van der Waals surface area contributed by atoms with Crippen molar-refractivity contribution in [3.63, 3.8) is 0 Å². The lowest BCUT2D eigenvalue weighted by atomic mass is 9.88. The minimum Gasteiger partial charge on any atom is -0.423 e. The van der Waals surface area contributed by atoms with Gasteiger partial charge in [-0.05, 0) is 24.2 Å². The number of benzene rings is 1. The summed E-state index contributed by atoms with van der Waals surface area (Å²) in [7, 11) is 5.86. The molecule has 0 N–H and O–H groups in total. The van der Waals surface area contributed by atoms with Crippen LogP contribution in [0.15, 0.2) is 47.6 Å². The minimum atomic E-state index is -0.281. The zero-order valence-electron chi connectivity index (χ0n) is 10.2. The van der Waals surface area contributed by atoms with Crippen LogP contribution in [0.2, 0.25) is 0 Å². The molecular formula is C15H10BNO2. The van der Waals surface area contributed by atoms with Crippen molar-refractivity contribution in [2.24, 2.45) is 16.3 Å². The molecule has 4 heteroatoms. The smallest absolute Gasteiger partial charge is 0.344 e. The second-order valence-electron chi connectivity index (χ2n) is 5.18. The third kappa shape index (κ3) is 1.46. The highest BCUT2D eigenvalue weighted by atomic mass is 16.5. The fourth-order valence-corrected chi connectivity index (χ4v) is 2.86. The van der Waals surface area contributed by atoms with Gasteiger partial charge in [0, 0.05) is 23.1 Å². The van der Waals surface area contributed by atoms with Gasteiger partial charge in [0.25, 0.3) is 0 Å². The maximum atomic E-state index is 11.8. The van der Waals surface area contributed by atoms with Crippen LogP contribution in [0.25, 0.3) is 5.76 Å². The highest BCUT2D eigenvalue weighted by Gasteiger charge is 2.53. The molecule has 3 nitrogen and oxygen atoms in total. The van der Waals surface area contributed by atoms with E-state index in [1.54, 1.807) is 12.3 Å². The summed E-state index contributed by atoms with van der Waals surface area (Å²) in [5.41, 5.74) is 2.04. The van der Waals surface area contributed by atoms with Gasteiger partial charge in [0.2, 0.25) is 0 Å². The summed E-state index contributed by atoms with van der Waals surface area (Å²) >= 11 is 0. The summed E-state index contributed by atoms with van der Waals surface area (Å²) in [6.07, 6.45) is 6.72. The summed E-state index contributed by atoms with van der Waals surface area (Å²) < 4.78 is 5.37. The van der Waals surface area contributed by atoms with Gasteiger partial charge >= 0.3 is 5.97 Å². The molecule has 1 aliphatic carbocycles. The van der Waals surface area contributed by atoms with Crippen LogP contribution in [0, 0.1) is 11.3 Å². The summed E-state index contributed by atoms with van der Waals surface area (Å²) in [5.74, 6) is 0.607. The summed E-state index contributed by atoms with van der Waals surface area (Å²) in [4.78, 5) is 15.9. The Hall–Kier alpha value is -2.10. The molecule has 0 saturated heterocycles. The lowest BCUT2D eigenvalue weighted by Gasteiger charge is -2.12. The molecule has 2 atom stereocenters. The van der Waals surface area contributed by atoms with E-state index in [0.717, 1.165) is 12.0 Å². The predicted molar refractivity (Wildman–Crippen MR) is 72.7 cm³/mol. The number of carbonyl (C=O) groups is 1. The monoisotopic (exact) mass is 247 g/mol. The van der Waals surface area contributed by atoms with Gasteiger partial charge in [-0.1, -0.05) is 24.3 Å². The van der Waals surface area contributed by atoms with Gasteiger partial charge in [-0.3, -0.25) is 4.99 Å². The molecule has 90 valence electrons. The molecular weight excluding hydrogens is 237 g/mol. The van der Waals surface area contributed by atoms with Gasteiger partial charge in [-0.25, -0.2) is 4.79 Å². The average Bonchev–Trinajstić information content (AvgIpc) is 3.06. The number of esters is 1. The molecule has 2 unspecified atom stereocenters. The molecule has 0 bridgehead atoms. The van der Waals surface area contributed by atoms with Gasteiger partial charge in [0.15, 0.2) is 0 Å². The van der Waals surface area contributed by atoms with Crippen LogP contribution in [-0.4, -0.2) is 19.4 Å². The standard InChI is InChI=1S/C15H10BNO2/c16-13-11-7-15(11,5-6-17-13)8-12-9-3-1-2-4-10(9)14(18)19-12/h1-6,8,11H,7H2/b12-8-. The molecule has 1 aromatic rings. The summed E-state index contributed by atoms with van der Waals surface area (Å²) in [6, 6.07) is 7.44. The number of hydrogen-bond donors (Lipinski definition) is 0. The van der Waals surface area contributed by atoms with Crippen molar-refractivity contribution >= 4 is 25.2 Å². The van der Waals surface area contributed by atoms with E-state index in [1.165, 1.54) is 0 Å². The number of rotatable bonds is 1. The van der Waals surface area contributed by atoms with Crippen LogP contribution >= 0.6 is 0 Å². The molecule has 0 spiro atoms. The first-order chi connectivity index (χ1) is 9.20. The minimum absolute atomic E-state index is 0.112. The second kappa shape index (κ2) is 3.47. The topological polar surface area (TPSA) is 38.7 Å². The molecule has 1 saturated carbocycles. The Labute approximate surface area is 112 Å². The lowest BCUT2D eigenvalue weighted by Crippen LogP contribution is -2.10. The van der Waals surface area contributed by atoms with E-state index >= 15 is 0 Å². The number of cyclic esters (lactones) is 1. The Bertz CT molecular complexity index is 689. The number of aliphatic imine (C=N–C) groups is 1. The van der Waals surface area contributed by atoms with E-state index in [0.29, 0.717) is 16.9 Å². The third-order valence-electron chi connectivity index (χ3n) is 4.03. The number of carbonyl (C=O) groups excluding carboxylic acids is 1. The molecule has 3 aliphatic rings. The Balaban J connectivity index is 1.77. The number of hydrogen-bond acceptors (Lipinski definition) is 3. The first-order valence-corrected chi connectivity index (χ1v) is 6.25. The highest BCUT2D eigenvalue weighted by molar-refractivity contribution is 6.61. The van der Waals surface area contributed by atoms with Crippen molar-refractivity contribution in [2.75, 3.05) is 0 Å². The van der Waals surface area contributed by atoms with Gasteiger partial charge in [-0.2, -0.15) is 0 Å². The zero-order valence-corrected chi connectivity index (χ0v) is 10.2. The van der Waals surface area contributed by atoms with E-state index in [1.807, 2.05) is 30.4 Å². The predicted octanol–water partition coefficient (Wildman–Crippen LogP) is 2.30. The normalized spacial score (nSPS) is 32.6. The molecule has 1 fully saturated rings. The van der Waals surface area contributed by atoms with E-state index in [2.05, 4.69) is 4.99 Å². The van der Waals surface area contributed by atoms with Crippen molar-refractivity contribution in [1.82, 2.24) is 0 Å². The number of allylic oxidation sites excluding steroid dienone is 2. The van der Waals surface area contributed by atoms with Gasteiger partial charge < -0.3 is 4.74 Å². The van der Waals surface area contributed by atoms with E-state index in [-0.39, 0.29) is 17.3 Å². The molecule has 19 heavy (non-hydrogen) atoms. The fraction of sp³-hybridized carbons (Fsp3) is 0.200. The van der Waals surface area contributed by atoms with Crippen LogP contribution in [0.4, 0.5) is 0 Å².